The summed E-state index contributed by atoms with van der Waals surface area (Å²) in [7, 11) is -5.26. The molecule has 0 aromatic carbocycles. The number of esters is 2. The second-order valence-electron chi connectivity index (χ2n) is 11.6. The summed E-state index contributed by atoms with van der Waals surface area (Å²) in [6.07, 6.45) is 4.62. The largest absolute Gasteiger partial charge is 0.500 e. The molecular formula is C32H68N3O10Si2+. The number of nitrogens with one attached hydrogen (secondary N) is 2. The van der Waals surface area contributed by atoms with Crippen molar-refractivity contribution in [2.24, 2.45) is 0 Å². The highest BCUT2D eigenvalue weighted by molar-refractivity contribution is 6.61. The minimum absolute atomic E-state index is 0.197. The summed E-state index contributed by atoms with van der Waals surface area (Å²) in [6, 6.07) is 1.49. The Morgan fingerprint density at radius 2 is 0.894 bits per heavy atom. The number of carbonyl (C=O) groups is 2. The molecule has 13 nitrogen and oxygen atoms in total. The van der Waals surface area contributed by atoms with E-state index >= 15 is 0 Å². The molecule has 0 radical (unpaired) electrons. The summed E-state index contributed by atoms with van der Waals surface area (Å²) in [4.78, 5) is 24.7. The monoisotopic (exact) mass is 710 g/mol. The number of nitrogens with zero attached hydrogens (tertiary/aromatic N) is 1. The van der Waals surface area contributed by atoms with E-state index in [9.17, 15) is 9.59 Å². The summed E-state index contributed by atoms with van der Waals surface area (Å²) in [5, 5.41) is 6.64. The van der Waals surface area contributed by atoms with E-state index in [4.69, 9.17) is 36.0 Å². The molecule has 0 aliphatic carbocycles. The highest BCUT2D eigenvalue weighted by Crippen LogP contribution is 2.20. The molecule has 1 saturated heterocycles. The molecule has 0 aromatic heterocycles. The van der Waals surface area contributed by atoms with Gasteiger partial charge in [-0.2, -0.15) is 0 Å². The van der Waals surface area contributed by atoms with Gasteiger partial charge in [-0.05, 0) is 67.5 Å². The minimum Gasteiger partial charge on any atom is -0.460 e. The standard InChI is InChI=1S/C32H68N3O10Si2/c1-7-40-46(41-8-2,42-9-3)29-15-19-33-21-17-31(36)38-27-25-35(23-13-14-24-35)26-28-39-32(37)18-22-34-20-16-30-47(43-10-4,44-11-5)45-12-6/h33-34H,7-30H2,1-6H3/q+1. The number of likely N-dealkylation sites (tertiary alicyclic amines) is 1. The molecule has 47 heavy (non-hydrogen) atoms. The average Bonchev–Trinajstić information content (AvgIpc) is 3.50. The molecule has 1 rings (SSSR count). The van der Waals surface area contributed by atoms with E-state index in [1.807, 2.05) is 41.5 Å². The number of rotatable bonds is 32. The van der Waals surface area contributed by atoms with Crippen molar-refractivity contribution in [1.82, 2.24) is 10.6 Å². The summed E-state index contributed by atoms with van der Waals surface area (Å²) in [5.74, 6) is -0.394. The second kappa shape index (κ2) is 26.8. The van der Waals surface area contributed by atoms with E-state index in [0.717, 1.165) is 81.5 Å². The van der Waals surface area contributed by atoms with Crippen LogP contribution in [0.1, 0.15) is 80.1 Å². The second-order valence-corrected chi connectivity index (χ2v) is 17.0. The molecular weight excluding hydrogens is 643 g/mol. The highest BCUT2D eigenvalue weighted by Gasteiger charge is 2.40. The van der Waals surface area contributed by atoms with Gasteiger partial charge >= 0.3 is 29.5 Å². The zero-order chi connectivity index (χ0) is 34.7. The van der Waals surface area contributed by atoms with Gasteiger partial charge in [-0.1, -0.05) is 0 Å². The third kappa shape index (κ3) is 19.1. The highest BCUT2D eigenvalue weighted by atomic mass is 28.4. The van der Waals surface area contributed by atoms with Crippen LogP contribution in [-0.4, -0.2) is 139 Å². The first-order valence-electron chi connectivity index (χ1n) is 18.2. The third-order valence-corrected chi connectivity index (χ3v) is 14.3. The summed E-state index contributed by atoms with van der Waals surface area (Å²) >= 11 is 0. The van der Waals surface area contributed by atoms with E-state index in [-0.39, 0.29) is 11.9 Å². The molecule has 0 aromatic rings. The topological polar surface area (TPSA) is 132 Å². The number of quaternary nitrogens is 1. The van der Waals surface area contributed by atoms with Crippen molar-refractivity contribution in [3.63, 3.8) is 0 Å². The van der Waals surface area contributed by atoms with Crippen LogP contribution in [0.5, 0.6) is 0 Å². The summed E-state index contributed by atoms with van der Waals surface area (Å²) in [5.41, 5.74) is 0. The van der Waals surface area contributed by atoms with Gasteiger partial charge in [0.1, 0.15) is 26.3 Å². The number of carbonyl (C=O) groups excluding carboxylic acids is 2. The quantitative estimate of drug-likeness (QED) is 0.0459. The van der Waals surface area contributed by atoms with Crippen molar-refractivity contribution < 1.29 is 50.1 Å². The predicted molar refractivity (Wildman–Crippen MR) is 186 cm³/mol. The zero-order valence-corrected chi connectivity index (χ0v) is 32.5. The van der Waals surface area contributed by atoms with Gasteiger partial charge in [0.2, 0.25) is 0 Å². The molecule has 0 spiro atoms. The minimum atomic E-state index is -2.63. The van der Waals surface area contributed by atoms with Gasteiger partial charge in [0, 0.05) is 77.7 Å². The maximum absolute atomic E-state index is 12.4. The van der Waals surface area contributed by atoms with Crippen LogP contribution in [0.4, 0.5) is 0 Å². The lowest BCUT2D eigenvalue weighted by molar-refractivity contribution is -0.917. The first-order valence-corrected chi connectivity index (χ1v) is 22.1. The van der Waals surface area contributed by atoms with Crippen LogP contribution in [-0.2, 0) is 45.6 Å². The van der Waals surface area contributed by atoms with Crippen LogP contribution in [0.3, 0.4) is 0 Å². The van der Waals surface area contributed by atoms with Crippen molar-refractivity contribution in [3.05, 3.63) is 0 Å². The van der Waals surface area contributed by atoms with Gasteiger partial charge in [0.15, 0.2) is 0 Å². The van der Waals surface area contributed by atoms with E-state index in [2.05, 4.69) is 10.6 Å². The fourth-order valence-electron chi connectivity index (χ4n) is 5.91. The molecule has 0 amide bonds. The van der Waals surface area contributed by atoms with Crippen LogP contribution >= 0.6 is 0 Å². The van der Waals surface area contributed by atoms with Crippen LogP contribution in [0.15, 0.2) is 0 Å². The van der Waals surface area contributed by atoms with E-state index in [1.165, 1.54) is 0 Å². The van der Waals surface area contributed by atoms with Crippen molar-refractivity contribution in [1.29, 1.82) is 0 Å². The van der Waals surface area contributed by atoms with Crippen molar-refractivity contribution >= 4 is 29.5 Å². The predicted octanol–water partition coefficient (Wildman–Crippen LogP) is 3.52. The molecule has 15 heteroatoms. The summed E-state index contributed by atoms with van der Waals surface area (Å²) < 4.78 is 47.3. The third-order valence-electron chi connectivity index (χ3n) is 8.04. The lowest BCUT2D eigenvalue weighted by Gasteiger charge is -2.33. The lowest BCUT2D eigenvalue weighted by atomic mass is 10.3. The maximum Gasteiger partial charge on any atom is 0.500 e. The van der Waals surface area contributed by atoms with E-state index < -0.39 is 17.6 Å². The number of hydrogen-bond acceptors (Lipinski definition) is 12. The Kier molecular flexibility index (Phi) is 25.1. The molecule has 278 valence electrons. The Morgan fingerprint density at radius 3 is 1.21 bits per heavy atom. The van der Waals surface area contributed by atoms with Crippen LogP contribution in [0.25, 0.3) is 0 Å². The lowest BCUT2D eigenvalue weighted by Crippen LogP contribution is -2.50. The molecule has 0 unspecified atom stereocenters. The molecule has 1 aliphatic rings. The zero-order valence-electron chi connectivity index (χ0n) is 30.5. The molecule has 0 bridgehead atoms. The first kappa shape index (κ1) is 44.0. The van der Waals surface area contributed by atoms with E-state index in [1.54, 1.807) is 0 Å². The van der Waals surface area contributed by atoms with Crippen LogP contribution in [0, 0.1) is 0 Å². The van der Waals surface area contributed by atoms with Crippen LogP contribution < -0.4 is 10.6 Å². The Labute approximate surface area is 287 Å². The Morgan fingerprint density at radius 1 is 0.553 bits per heavy atom. The maximum atomic E-state index is 12.4. The SMILES string of the molecule is CCO[Si](CCCNCCC(=O)OCC[N+]1(CCOC(=O)CCNCCC[Si](OCC)(OCC)OCC)CCCC1)(OCC)OCC. The molecule has 0 atom stereocenters. The number of hydrogen-bond donors (Lipinski definition) is 2. The molecule has 1 aliphatic heterocycles. The van der Waals surface area contributed by atoms with Crippen LogP contribution in [0.2, 0.25) is 12.1 Å². The first-order chi connectivity index (χ1) is 22.8. The van der Waals surface area contributed by atoms with Gasteiger partial charge in [-0.25, -0.2) is 0 Å². The molecule has 1 heterocycles. The Hall–Kier alpha value is -0.986. The number of ether oxygens (including phenoxy) is 2. The van der Waals surface area contributed by atoms with Gasteiger partial charge in [0.25, 0.3) is 0 Å². The van der Waals surface area contributed by atoms with Gasteiger partial charge in [-0.15, -0.1) is 0 Å². The van der Waals surface area contributed by atoms with Crippen molar-refractivity contribution in [3.8, 4) is 0 Å². The fourth-order valence-corrected chi connectivity index (χ4v) is 11.1. The van der Waals surface area contributed by atoms with Gasteiger partial charge < -0.3 is 51.1 Å². The average molecular weight is 711 g/mol. The Balaban J connectivity index is 2.24. The van der Waals surface area contributed by atoms with E-state index in [0.29, 0.717) is 78.8 Å². The normalized spacial score (nSPS) is 14.9. The van der Waals surface area contributed by atoms with Crippen molar-refractivity contribution in [2.45, 2.75) is 92.2 Å². The molecule has 2 N–H and O–H groups in total. The smallest absolute Gasteiger partial charge is 0.460 e. The fraction of sp³-hybridized carbons (Fsp3) is 0.938. The molecule has 0 saturated carbocycles. The summed E-state index contributed by atoms with van der Waals surface area (Å²) in [6.45, 7) is 22.1. The molecule has 1 fully saturated rings. The van der Waals surface area contributed by atoms with Gasteiger partial charge in [0.05, 0.1) is 25.9 Å². The Bertz CT molecular complexity index is 717. The van der Waals surface area contributed by atoms with Crippen molar-refractivity contribution in [2.75, 3.05) is 105 Å². The van der Waals surface area contributed by atoms with Gasteiger partial charge in [-0.3, -0.25) is 9.59 Å².